The van der Waals surface area contributed by atoms with Crippen LogP contribution in [0.5, 0.6) is 5.75 Å². The molecule has 1 aromatic heterocycles. The van der Waals surface area contributed by atoms with Crippen molar-refractivity contribution in [3.63, 3.8) is 0 Å². The lowest BCUT2D eigenvalue weighted by atomic mass is 10.1. The number of benzene rings is 2. The monoisotopic (exact) mass is 379 g/mol. The Balaban J connectivity index is 1.55. The van der Waals surface area contributed by atoms with Crippen LogP contribution in [0.15, 0.2) is 66.9 Å². The Morgan fingerprint density at radius 2 is 1.79 bits per heavy atom. The molecule has 5 nitrogen and oxygen atoms in total. The van der Waals surface area contributed by atoms with Crippen molar-refractivity contribution >= 4 is 17.3 Å². The Hall–Kier alpha value is -3.41. The Labute approximate surface area is 163 Å². The van der Waals surface area contributed by atoms with Gasteiger partial charge in [0, 0.05) is 24.1 Å². The second kappa shape index (κ2) is 9.50. The first-order valence-corrected chi connectivity index (χ1v) is 9.12. The highest BCUT2D eigenvalue weighted by Gasteiger charge is 2.08. The number of aromatic nitrogens is 1. The summed E-state index contributed by atoms with van der Waals surface area (Å²) in [5.41, 5.74) is 2.94. The molecule has 1 amide bonds. The molecule has 1 heterocycles. The van der Waals surface area contributed by atoms with Crippen LogP contribution in [0.25, 0.3) is 0 Å². The molecule has 0 radical (unpaired) electrons. The molecule has 0 atom stereocenters. The normalized spacial score (nSPS) is 10.4. The highest BCUT2D eigenvalue weighted by Crippen LogP contribution is 2.20. The van der Waals surface area contributed by atoms with Crippen molar-refractivity contribution in [1.82, 2.24) is 10.3 Å². The number of nitrogens with zero attached hydrogens (tertiary/aromatic N) is 1. The van der Waals surface area contributed by atoms with E-state index in [1.165, 1.54) is 12.1 Å². The highest BCUT2D eigenvalue weighted by atomic mass is 19.1. The van der Waals surface area contributed by atoms with Crippen molar-refractivity contribution in [3.8, 4) is 5.75 Å². The predicted molar refractivity (Wildman–Crippen MR) is 108 cm³/mol. The van der Waals surface area contributed by atoms with Gasteiger partial charge in [0.1, 0.15) is 17.3 Å². The SMILES string of the molecule is CCOc1ccc(Nc2ccnc(C(=O)NCCc3ccc(F)cc3)c2)cc1. The zero-order valence-corrected chi connectivity index (χ0v) is 15.6. The Morgan fingerprint density at radius 3 is 2.50 bits per heavy atom. The molecule has 3 rings (SSSR count). The lowest BCUT2D eigenvalue weighted by Crippen LogP contribution is -2.26. The Morgan fingerprint density at radius 1 is 1.04 bits per heavy atom. The zero-order valence-electron chi connectivity index (χ0n) is 15.6. The highest BCUT2D eigenvalue weighted by molar-refractivity contribution is 5.93. The van der Waals surface area contributed by atoms with E-state index in [0.717, 1.165) is 22.7 Å². The van der Waals surface area contributed by atoms with Gasteiger partial charge in [0.15, 0.2) is 0 Å². The van der Waals surface area contributed by atoms with Gasteiger partial charge in [-0.05, 0) is 67.4 Å². The van der Waals surface area contributed by atoms with Crippen molar-refractivity contribution in [3.05, 3.63) is 83.9 Å². The van der Waals surface area contributed by atoms with E-state index in [-0.39, 0.29) is 11.7 Å². The molecule has 0 spiro atoms. The predicted octanol–water partition coefficient (Wildman–Crippen LogP) is 4.34. The molecule has 3 aromatic rings. The van der Waals surface area contributed by atoms with Gasteiger partial charge in [-0.1, -0.05) is 12.1 Å². The van der Waals surface area contributed by atoms with Crippen molar-refractivity contribution in [1.29, 1.82) is 0 Å². The number of halogens is 1. The van der Waals surface area contributed by atoms with Crippen LogP contribution in [0.1, 0.15) is 23.0 Å². The third-order valence-corrected chi connectivity index (χ3v) is 4.06. The molecule has 0 aliphatic heterocycles. The van der Waals surface area contributed by atoms with Gasteiger partial charge < -0.3 is 15.4 Å². The molecule has 2 N–H and O–H groups in total. The number of anilines is 2. The van der Waals surface area contributed by atoms with Crippen LogP contribution in [-0.2, 0) is 6.42 Å². The smallest absolute Gasteiger partial charge is 0.269 e. The summed E-state index contributed by atoms with van der Waals surface area (Å²) in [6.07, 6.45) is 2.21. The fourth-order valence-electron chi connectivity index (χ4n) is 2.66. The van der Waals surface area contributed by atoms with Gasteiger partial charge in [0.2, 0.25) is 0 Å². The van der Waals surface area contributed by atoms with E-state index in [2.05, 4.69) is 15.6 Å². The number of amides is 1. The molecule has 6 heteroatoms. The molecular weight excluding hydrogens is 357 g/mol. The fourth-order valence-corrected chi connectivity index (χ4v) is 2.66. The first kappa shape index (κ1) is 19.4. The van der Waals surface area contributed by atoms with Crippen molar-refractivity contribution < 1.29 is 13.9 Å². The number of ether oxygens (including phenoxy) is 1. The van der Waals surface area contributed by atoms with Crippen LogP contribution >= 0.6 is 0 Å². The molecule has 0 saturated heterocycles. The lowest BCUT2D eigenvalue weighted by Gasteiger charge is -2.10. The Kier molecular flexibility index (Phi) is 6.57. The van der Waals surface area contributed by atoms with Gasteiger partial charge in [-0.3, -0.25) is 9.78 Å². The van der Waals surface area contributed by atoms with Gasteiger partial charge in [-0.2, -0.15) is 0 Å². The molecule has 0 bridgehead atoms. The standard InChI is InChI=1S/C22H22FN3O2/c1-2-28-20-9-7-18(8-10-20)26-19-12-14-24-21(15-19)22(27)25-13-11-16-3-5-17(23)6-4-16/h3-10,12,14-15H,2,11,13H2,1H3,(H,24,26)(H,25,27). The van der Waals surface area contributed by atoms with E-state index >= 15 is 0 Å². The van der Waals surface area contributed by atoms with E-state index in [9.17, 15) is 9.18 Å². The maximum Gasteiger partial charge on any atom is 0.269 e. The number of hydrogen-bond donors (Lipinski definition) is 2. The van der Waals surface area contributed by atoms with Gasteiger partial charge in [-0.15, -0.1) is 0 Å². The number of carbonyl (C=O) groups excluding carboxylic acids is 1. The minimum Gasteiger partial charge on any atom is -0.494 e. The van der Waals surface area contributed by atoms with E-state index < -0.39 is 0 Å². The number of carbonyl (C=O) groups is 1. The summed E-state index contributed by atoms with van der Waals surface area (Å²) in [4.78, 5) is 16.5. The van der Waals surface area contributed by atoms with Crippen molar-refractivity contribution in [2.75, 3.05) is 18.5 Å². The lowest BCUT2D eigenvalue weighted by molar-refractivity contribution is 0.0949. The molecule has 0 fully saturated rings. The maximum atomic E-state index is 12.9. The van der Waals surface area contributed by atoms with Crippen LogP contribution in [0.4, 0.5) is 15.8 Å². The minimum atomic E-state index is -0.270. The van der Waals surface area contributed by atoms with E-state index in [1.807, 2.05) is 31.2 Å². The van der Waals surface area contributed by atoms with Crippen molar-refractivity contribution in [2.45, 2.75) is 13.3 Å². The van der Waals surface area contributed by atoms with Crippen LogP contribution in [0.2, 0.25) is 0 Å². The summed E-state index contributed by atoms with van der Waals surface area (Å²) in [6, 6.07) is 17.3. The third-order valence-electron chi connectivity index (χ3n) is 4.06. The van der Waals surface area contributed by atoms with Gasteiger partial charge >= 0.3 is 0 Å². The van der Waals surface area contributed by atoms with Crippen LogP contribution in [0.3, 0.4) is 0 Å². The molecule has 0 aliphatic rings. The minimum absolute atomic E-state index is 0.252. The zero-order chi connectivity index (χ0) is 19.8. The first-order chi connectivity index (χ1) is 13.6. The number of nitrogens with one attached hydrogen (secondary N) is 2. The Bertz CT molecular complexity index is 912. The molecule has 0 unspecified atom stereocenters. The van der Waals surface area contributed by atoms with Gasteiger partial charge in [0.05, 0.1) is 6.61 Å². The summed E-state index contributed by atoms with van der Waals surface area (Å²) in [5.74, 6) is 0.287. The molecule has 0 aliphatic carbocycles. The van der Waals surface area contributed by atoms with Crippen LogP contribution < -0.4 is 15.4 Å². The molecule has 144 valence electrons. The summed E-state index contributed by atoms with van der Waals surface area (Å²) in [7, 11) is 0. The van der Waals surface area contributed by atoms with E-state index in [1.54, 1.807) is 30.5 Å². The maximum absolute atomic E-state index is 12.9. The third kappa shape index (κ3) is 5.54. The summed E-state index contributed by atoms with van der Waals surface area (Å²) in [5, 5.41) is 6.08. The molecule has 28 heavy (non-hydrogen) atoms. The first-order valence-electron chi connectivity index (χ1n) is 9.12. The number of pyridine rings is 1. The van der Waals surface area contributed by atoms with E-state index in [0.29, 0.717) is 25.3 Å². The number of rotatable bonds is 8. The second-order valence-corrected chi connectivity index (χ2v) is 6.14. The molecule has 2 aromatic carbocycles. The number of hydrogen-bond acceptors (Lipinski definition) is 4. The second-order valence-electron chi connectivity index (χ2n) is 6.14. The molecule has 0 saturated carbocycles. The van der Waals surface area contributed by atoms with E-state index in [4.69, 9.17) is 4.74 Å². The van der Waals surface area contributed by atoms with Crippen LogP contribution in [-0.4, -0.2) is 24.0 Å². The summed E-state index contributed by atoms with van der Waals surface area (Å²) < 4.78 is 18.3. The van der Waals surface area contributed by atoms with Gasteiger partial charge in [0.25, 0.3) is 5.91 Å². The van der Waals surface area contributed by atoms with Crippen LogP contribution in [0, 0.1) is 5.82 Å². The largest absolute Gasteiger partial charge is 0.494 e. The average molecular weight is 379 g/mol. The van der Waals surface area contributed by atoms with Gasteiger partial charge in [-0.25, -0.2) is 4.39 Å². The topological polar surface area (TPSA) is 63.2 Å². The fraction of sp³-hybridized carbons (Fsp3) is 0.182. The average Bonchev–Trinajstić information content (AvgIpc) is 2.71. The quantitative estimate of drug-likeness (QED) is 0.611. The molecular formula is C22H22FN3O2. The van der Waals surface area contributed by atoms with Crippen molar-refractivity contribution in [2.24, 2.45) is 0 Å². The summed E-state index contributed by atoms with van der Waals surface area (Å²) >= 11 is 0. The summed E-state index contributed by atoms with van der Waals surface area (Å²) in [6.45, 7) is 3.01.